The zero-order valence-electron chi connectivity index (χ0n) is 17.4. The lowest BCUT2D eigenvalue weighted by molar-refractivity contribution is 0.0714. The normalized spacial score (nSPS) is 15.6. The summed E-state index contributed by atoms with van der Waals surface area (Å²) >= 11 is 0. The number of carbonyl (C=O) groups is 1. The van der Waals surface area contributed by atoms with Crippen LogP contribution in [0.25, 0.3) is 11.0 Å². The summed E-state index contributed by atoms with van der Waals surface area (Å²) in [6.07, 6.45) is 3.40. The number of fused-ring (bicyclic) bond motifs is 2. The summed E-state index contributed by atoms with van der Waals surface area (Å²) in [7, 11) is 0. The van der Waals surface area contributed by atoms with Crippen LogP contribution in [0.3, 0.4) is 0 Å². The molecule has 0 N–H and O–H groups in total. The maximum absolute atomic E-state index is 13.5. The van der Waals surface area contributed by atoms with E-state index in [9.17, 15) is 9.59 Å². The average molecular weight is 410 g/mol. The van der Waals surface area contributed by atoms with Crippen LogP contribution in [0.5, 0.6) is 0 Å². The molecule has 1 aliphatic heterocycles. The van der Waals surface area contributed by atoms with Crippen LogP contribution in [0.1, 0.15) is 58.6 Å². The van der Waals surface area contributed by atoms with Gasteiger partial charge in [-0.05, 0) is 46.9 Å². The van der Waals surface area contributed by atoms with Crippen LogP contribution in [-0.4, -0.2) is 15.8 Å². The summed E-state index contributed by atoms with van der Waals surface area (Å²) in [6.45, 7) is 4.64. The van der Waals surface area contributed by atoms with E-state index in [1.807, 2.05) is 30.3 Å². The molecule has 154 valence electrons. The Balaban J connectivity index is 1.70. The van der Waals surface area contributed by atoms with Gasteiger partial charge in [0.25, 0.3) is 5.91 Å². The van der Waals surface area contributed by atoms with Crippen LogP contribution in [0, 0.1) is 0 Å². The van der Waals surface area contributed by atoms with Gasteiger partial charge >= 0.3 is 0 Å². The first-order valence-corrected chi connectivity index (χ1v) is 10.4. The Bertz CT molecular complexity index is 1320. The number of amides is 1. The van der Waals surface area contributed by atoms with E-state index < -0.39 is 6.04 Å². The van der Waals surface area contributed by atoms with Gasteiger partial charge in [0.15, 0.2) is 5.43 Å². The quantitative estimate of drug-likeness (QED) is 0.472. The largest absolute Gasteiger partial charge is 0.450 e. The number of benzene rings is 2. The number of para-hydroxylation sites is 1. The minimum Gasteiger partial charge on any atom is -0.450 e. The van der Waals surface area contributed by atoms with E-state index in [1.54, 1.807) is 35.5 Å². The van der Waals surface area contributed by atoms with Crippen LogP contribution in [0.15, 0.2) is 82.3 Å². The molecule has 0 aliphatic carbocycles. The smallest absolute Gasteiger partial charge is 0.291 e. The first-order valence-electron chi connectivity index (χ1n) is 10.4. The molecule has 0 spiro atoms. The first-order chi connectivity index (χ1) is 15.0. The van der Waals surface area contributed by atoms with E-state index in [-0.39, 0.29) is 17.1 Å². The molecule has 2 aromatic carbocycles. The molecule has 5 nitrogen and oxygen atoms in total. The fourth-order valence-electron chi connectivity index (χ4n) is 4.22. The third-order valence-electron chi connectivity index (χ3n) is 5.89. The second-order valence-corrected chi connectivity index (χ2v) is 8.18. The summed E-state index contributed by atoms with van der Waals surface area (Å²) in [5.74, 6) is 0.261. The van der Waals surface area contributed by atoms with Crippen LogP contribution < -0.4 is 5.43 Å². The highest BCUT2D eigenvalue weighted by atomic mass is 16.3. The zero-order valence-corrected chi connectivity index (χ0v) is 17.4. The minimum absolute atomic E-state index is 0.135. The Kier molecular flexibility index (Phi) is 4.66. The molecule has 0 saturated heterocycles. The van der Waals surface area contributed by atoms with E-state index in [0.717, 1.165) is 11.1 Å². The number of carbonyl (C=O) groups excluding carboxylic acids is 1. The number of pyridine rings is 1. The van der Waals surface area contributed by atoms with Crippen molar-refractivity contribution in [2.24, 2.45) is 0 Å². The fourth-order valence-corrected chi connectivity index (χ4v) is 4.22. The van der Waals surface area contributed by atoms with Crippen molar-refractivity contribution in [3.63, 3.8) is 0 Å². The van der Waals surface area contributed by atoms with Crippen molar-refractivity contribution in [1.82, 2.24) is 9.88 Å². The Morgan fingerprint density at radius 2 is 1.68 bits per heavy atom. The van der Waals surface area contributed by atoms with Gasteiger partial charge in [0.2, 0.25) is 5.76 Å². The maximum Gasteiger partial charge on any atom is 0.291 e. The average Bonchev–Trinajstić information content (AvgIpc) is 3.06. The van der Waals surface area contributed by atoms with Crippen LogP contribution in [0.2, 0.25) is 0 Å². The van der Waals surface area contributed by atoms with Crippen molar-refractivity contribution in [3.8, 4) is 0 Å². The highest BCUT2D eigenvalue weighted by Crippen LogP contribution is 2.39. The monoisotopic (exact) mass is 410 g/mol. The van der Waals surface area contributed by atoms with Gasteiger partial charge < -0.3 is 9.32 Å². The van der Waals surface area contributed by atoms with Gasteiger partial charge in [0.1, 0.15) is 5.58 Å². The molecule has 0 fully saturated rings. The van der Waals surface area contributed by atoms with Gasteiger partial charge in [-0.1, -0.05) is 50.2 Å². The predicted molar refractivity (Wildman–Crippen MR) is 119 cm³/mol. The Hall–Kier alpha value is -3.73. The lowest BCUT2D eigenvalue weighted by atomic mass is 9.95. The van der Waals surface area contributed by atoms with Crippen molar-refractivity contribution in [2.45, 2.75) is 32.4 Å². The molecular weight excluding hydrogens is 388 g/mol. The third kappa shape index (κ3) is 3.22. The number of aromatic nitrogens is 1. The molecule has 0 saturated carbocycles. The van der Waals surface area contributed by atoms with Crippen LogP contribution in [0.4, 0.5) is 0 Å². The molecule has 5 heteroatoms. The molecule has 5 rings (SSSR count). The van der Waals surface area contributed by atoms with Crippen LogP contribution in [-0.2, 0) is 6.54 Å². The molecule has 0 radical (unpaired) electrons. The second-order valence-electron chi connectivity index (χ2n) is 8.18. The van der Waals surface area contributed by atoms with Gasteiger partial charge in [-0.15, -0.1) is 0 Å². The highest BCUT2D eigenvalue weighted by molar-refractivity contribution is 5.99. The topological polar surface area (TPSA) is 63.4 Å². The number of rotatable bonds is 4. The van der Waals surface area contributed by atoms with Crippen molar-refractivity contribution in [1.29, 1.82) is 0 Å². The van der Waals surface area contributed by atoms with E-state index in [1.165, 1.54) is 5.56 Å². The van der Waals surface area contributed by atoms with E-state index >= 15 is 0 Å². The molecule has 2 aromatic heterocycles. The highest BCUT2D eigenvalue weighted by Gasteiger charge is 2.42. The lowest BCUT2D eigenvalue weighted by Crippen LogP contribution is -2.29. The van der Waals surface area contributed by atoms with Crippen molar-refractivity contribution in [2.75, 3.05) is 0 Å². The lowest BCUT2D eigenvalue weighted by Gasteiger charge is -2.25. The molecule has 4 aromatic rings. The second kappa shape index (κ2) is 7.51. The van der Waals surface area contributed by atoms with Crippen molar-refractivity contribution >= 4 is 16.9 Å². The fraction of sp³-hybridized carbons (Fsp3) is 0.192. The molecular formula is C26H22N2O3. The van der Waals surface area contributed by atoms with Gasteiger partial charge in [0, 0.05) is 18.9 Å². The number of hydrogen-bond acceptors (Lipinski definition) is 4. The van der Waals surface area contributed by atoms with Crippen molar-refractivity contribution in [3.05, 3.63) is 111 Å². The number of hydrogen-bond donors (Lipinski definition) is 0. The summed E-state index contributed by atoms with van der Waals surface area (Å²) in [5, 5.41) is 0.489. The van der Waals surface area contributed by atoms with Gasteiger partial charge in [-0.25, -0.2) is 0 Å². The summed E-state index contributed by atoms with van der Waals surface area (Å²) < 4.78 is 5.98. The number of nitrogens with zero attached hydrogens (tertiary/aromatic N) is 2. The molecule has 1 amide bonds. The maximum atomic E-state index is 13.5. The van der Waals surface area contributed by atoms with Gasteiger partial charge in [-0.2, -0.15) is 0 Å². The van der Waals surface area contributed by atoms with Crippen LogP contribution >= 0.6 is 0 Å². The first kappa shape index (κ1) is 19.2. The van der Waals surface area contributed by atoms with E-state index in [0.29, 0.717) is 29.0 Å². The van der Waals surface area contributed by atoms with Crippen molar-refractivity contribution < 1.29 is 9.21 Å². The standard InChI is InChI=1S/C26H22N2O3/c1-16(2)18-7-9-19(10-8-18)23-22-24(29)20-5-3-4-6-21(20)31-25(22)26(30)28(23)15-17-11-13-27-14-12-17/h3-14,16,23H,15H2,1-2H3/t23-/m0/s1. The molecule has 0 bridgehead atoms. The molecule has 1 atom stereocenters. The summed E-state index contributed by atoms with van der Waals surface area (Å²) in [5.41, 5.74) is 3.74. The molecule has 1 aliphatic rings. The summed E-state index contributed by atoms with van der Waals surface area (Å²) in [4.78, 5) is 32.7. The summed E-state index contributed by atoms with van der Waals surface area (Å²) in [6, 6.07) is 18.5. The Labute approximate surface area is 180 Å². The predicted octanol–water partition coefficient (Wildman–Crippen LogP) is 5.06. The third-order valence-corrected chi connectivity index (χ3v) is 5.89. The van der Waals surface area contributed by atoms with Gasteiger partial charge in [-0.3, -0.25) is 14.6 Å². The van der Waals surface area contributed by atoms with E-state index in [4.69, 9.17) is 4.42 Å². The Morgan fingerprint density at radius 3 is 2.39 bits per heavy atom. The molecule has 3 heterocycles. The van der Waals surface area contributed by atoms with E-state index in [2.05, 4.69) is 31.0 Å². The SMILES string of the molecule is CC(C)c1ccc([C@H]2c3c(oc4ccccc4c3=O)C(=O)N2Cc2ccncc2)cc1. The van der Waals surface area contributed by atoms with Gasteiger partial charge in [0.05, 0.1) is 17.0 Å². The molecule has 0 unspecified atom stereocenters. The minimum atomic E-state index is -0.502. The molecule has 31 heavy (non-hydrogen) atoms. The zero-order chi connectivity index (χ0) is 21.5. The Morgan fingerprint density at radius 1 is 0.968 bits per heavy atom.